The summed E-state index contributed by atoms with van der Waals surface area (Å²) in [5.74, 6) is -0.104. The lowest BCUT2D eigenvalue weighted by atomic mass is 10.1. The predicted molar refractivity (Wildman–Crippen MR) is 106 cm³/mol. The molecule has 0 N–H and O–H groups in total. The van der Waals surface area contributed by atoms with Gasteiger partial charge in [0.2, 0.25) is 15.9 Å². The molecule has 0 spiro atoms. The molecule has 146 valence electrons. The number of benzene rings is 1. The van der Waals surface area contributed by atoms with E-state index in [-0.39, 0.29) is 12.5 Å². The van der Waals surface area contributed by atoms with Gasteiger partial charge < -0.3 is 9.80 Å². The van der Waals surface area contributed by atoms with Crippen molar-refractivity contribution in [3.05, 3.63) is 29.3 Å². The van der Waals surface area contributed by atoms with E-state index in [1.54, 1.807) is 4.90 Å². The van der Waals surface area contributed by atoms with Crippen LogP contribution in [0.3, 0.4) is 0 Å². The first-order valence-corrected chi connectivity index (χ1v) is 11.1. The molecule has 0 unspecified atom stereocenters. The third-order valence-electron chi connectivity index (χ3n) is 5.09. The number of carbonyl (C=O) groups is 1. The van der Waals surface area contributed by atoms with Crippen molar-refractivity contribution in [2.45, 2.75) is 33.6 Å². The van der Waals surface area contributed by atoms with E-state index >= 15 is 0 Å². The van der Waals surface area contributed by atoms with Crippen LogP contribution in [0.2, 0.25) is 0 Å². The highest BCUT2D eigenvalue weighted by Crippen LogP contribution is 2.23. The minimum absolute atomic E-state index is 0.0533. The fourth-order valence-corrected chi connectivity index (χ4v) is 4.03. The Morgan fingerprint density at radius 2 is 1.81 bits per heavy atom. The minimum Gasteiger partial charge on any atom is -0.368 e. The van der Waals surface area contributed by atoms with E-state index < -0.39 is 10.0 Å². The molecule has 0 aromatic heterocycles. The van der Waals surface area contributed by atoms with Crippen LogP contribution in [-0.2, 0) is 14.8 Å². The summed E-state index contributed by atoms with van der Waals surface area (Å²) in [5, 5.41) is 0. The molecular weight excluding hydrogens is 350 g/mol. The summed E-state index contributed by atoms with van der Waals surface area (Å²) in [4.78, 5) is 16.7. The quantitative estimate of drug-likeness (QED) is 0.725. The van der Waals surface area contributed by atoms with Gasteiger partial charge in [0.05, 0.1) is 12.8 Å². The molecule has 1 aliphatic heterocycles. The van der Waals surface area contributed by atoms with Crippen molar-refractivity contribution in [3.63, 3.8) is 0 Å². The van der Waals surface area contributed by atoms with Gasteiger partial charge in [0.1, 0.15) is 0 Å². The second kappa shape index (κ2) is 8.86. The molecule has 0 aliphatic carbocycles. The number of hydrogen-bond donors (Lipinski definition) is 0. The first kappa shape index (κ1) is 20.7. The van der Waals surface area contributed by atoms with E-state index in [2.05, 4.69) is 36.9 Å². The maximum Gasteiger partial charge on any atom is 0.238 e. The number of carbonyl (C=O) groups excluding carboxylic acids is 1. The normalized spacial score (nSPS) is 15.6. The molecule has 0 bridgehead atoms. The van der Waals surface area contributed by atoms with Gasteiger partial charge in [-0.2, -0.15) is 4.31 Å². The van der Waals surface area contributed by atoms with Gasteiger partial charge in [-0.15, -0.1) is 0 Å². The third kappa shape index (κ3) is 5.20. The molecule has 1 aromatic rings. The second-order valence-electron chi connectivity index (χ2n) is 7.04. The summed E-state index contributed by atoms with van der Waals surface area (Å²) in [6.45, 7) is 9.37. The zero-order chi connectivity index (χ0) is 19.3. The van der Waals surface area contributed by atoms with Gasteiger partial charge in [0, 0.05) is 38.4 Å². The second-order valence-corrected chi connectivity index (χ2v) is 9.02. The van der Waals surface area contributed by atoms with Crippen molar-refractivity contribution in [2.24, 2.45) is 0 Å². The van der Waals surface area contributed by atoms with Crippen molar-refractivity contribution in [1.29, 1.82) is 0 Å². The van der Waals surface area contributed by atoms with Crippen molar-refractivity contribution in [1.82, 2.24) is 9.21 Å². The molecule has 0 radical (unpaired) electrons. The molecular formula is C19H31N3O3S. The molecule has 1 saturated heterocycles. The minimum atomic E-state index is -3.36. The zero-order valence-electron chi connectivity index (χ0n) is 16.4. The van der Waals surface area contributed by atoms with Crippen LogP contribution in [0.5, 0.6) is 0 Å². The standard InChI is InChI=1S/C19H31N3O3S/c1-5-6-10-22(26(4,24)25)15-19(23)21-13-11-20(12-14-21)18-9-7-8-16(2)17(18)3/h7-9H,5-6,10-15H2,1-4H3. The van der Waals surface area contributed by atoms with Gasteiger partial charge in [-0.05, 0) is 37.5 Å². The number of sulfonamides is 1. The van der Waals surface area contributed by atoms with Crippen LogP contribution in [0.1, 0.15) is 30.9 Å². The summed E-state index contributed by atoms with van der Waals surface area (Å²) >= 11 is 0. The van der Waals surface area contributed by atoms with Crippen molar-refractivity contribution < 1.29 is 13.2 Å². The lowest BCUT2D eigenvalue weighted by Gasteiger charge is -2.37. The average Bonchev–Trinajstić information content (AvgIpc) is 2.60. The lowest BCUT2D eigenvalue weighted by Crippen LogP contribution is -2.52. The monoisotopic (exact) mass is 381 g/mol. The fourth-order valence-electron chi connectivity index (χ4n) is 3.22. The van der Waals surface area contributed by atoms with Crippen molar-refractivity contribution in [2.75, 3.05) is 50.4 Å². The number of unbranched alkanes of at least 4 members (excludes halogenated alkanes) is 1. The van der Waals surface area contributed by atoms with Crippen LogP contribution in [0.4, 0.5) is 5.69 Å². The largest absolute Gasteiger partial charge is 0.368 e. The van der Waals surface area contributed by atoms with E-state index in [1.165, 1.54) is 27.4 Å². The van der Waals surface area contributed by atoms with Crippen LogP contribution < -0.4 is 4.90 Å². The van der Waals surface area contributed by atoms with Crippen molar-refractivity contribution in [3.8, 4) is 0 Å². The van der Waals surface area contributed by atoms with Gasteiger partial charge >= 0.3 is 0 Å². The maximum atomic E-state index is 12.6. The van der Waals surface area contributed by atoms with Gasteiger partial charge in [0.15, 0.2) is 0 Å². The van der Waals surface area contributed by atoms with Crippen LogP contribution in [-0.4, -0.2) is 69.1 Å². The first-order chi connectivity index (χ1) is 12.2. The SMILES string of the molecule is CCCCN(CC(=O)N1CCN(c2cccc(C)c2C)CC1)S(C)(=O)=O. The van der Waals surface area contributed by atoms with Crippen LogP contribution in [0.15, 0.2) is 18.2 Å². The fraction of sp³-hybridized carbons (Fsp3) is 0.632. The van der Waals surface area contributed by atoms with E-state index in [9.17, 15) is 13.2 Å². The Morgan fingerprint density at radius 3 is 2.38 bits per heavy atom. The number of aryl methyl sites for hydroxylation is 1. The molecule has 7 heteroatoms. The number of rotatable bonds is 7. The van der Waals surface area contributed by atoms with Gasteiger partial charge in [-0.25, -0.2) is 8.42 Å². The summed E-state index contributed by atoms with van der Waals surface area (Å²) in [5.41, 5.74) is 3.76. The smallest absolute Gasteiger partial charge is 0.238 e. The lowest BCUT2D eigenvalue weighted by molar-refractivity contribution is -0.131. The topological polar surface area (TPSA) is 60.9 Å². The third-order valence-corrected chi connectivity index (χ3v) is 6.34. The number of anilines is 1. The molecule has 1 aromatic carbocycles. The Hall–Kier alpha value is -1.60. The number of hydrogen-bond acceptors (Lipinski definition) is 4. The van der Waals surface area contributed by atoms with Gasteiger partial charge in [0.25, 0.3) is 0 Å². The highest BCUT2D eigenvalue weighted by Gasteiger charge is 2.26. The molecule has 1 heterocycles. The molecule has 1 aliphatic rings. The van der Waals surface area contributed by atoms with E-state index in [4.69, 9.17) is 0 Å². The number of piperazine rings is 1. The Kier molecular flexibility index (Phi) is 7.06. The summed E-state index contributed by atoms with van der Waals surface area (Å²) in [6.07, 6.45) is 2.84. The van der Waals surface area contributed by atoms with Gasteiger partial charge in [-0.1, -0.05) is 25.5 Å². The number of nitrogens with zero attached hydrogens (tertiary/aromatic N) is 3. The van der Waals surface area contributed by atoms with Crippen molar-refractivity contribution >= 4 is 21.6 Å². The summed E-state index contributed by atoms with van der Waals surface area (Å²) in [6, 6.07) is 6.29. The molecule has 0 atom stereocenters. The van der Waals surface area contributed by atoms with Crippen LogP contribution in [0.25, 0.3) is 0 Å². The molecule has 2 rings (SSSR count). The number of amides is 1. The van der Waals surface area contributed by atoms with Gasteiger partial charge in [-0.3, -0.25) is 4.79 Å². The Bertz CT molecular complexity index is 726. The molecule has 0 saturated carbocycles. The van der Waals surface area contributed by atoms with E-state index in [1.807, 2.05) is 6.92 Å². The van der Waals surface area contributed by atoms with Crippen LogP contribution in [0, 0.1) is 13.8 Å². The van der Waals surface area contributed by atoms with E-state index in [0.717, 1.165) is 25.9 Å². The summed E-state index contributed by atoms with van der Waals surface area (Å²) in [7, 11) is -3.36. The Labute approximate surface area is 157 Å². The first-order valence-electron chi connectivity index (χ1n) is 9.28. The average molecular weight is 382 g/mol. The summed E-state index contributed by atoms with van der Waals surface area (Å²) < 4.78 is 25.1. The Morgan fingerprint density at radius 1 is 1.15 bits per heavy atom. The molecule has 1 amide bonds. The molecule has 26 heavy (non-hydrogen) atoms. The highest BCUT2D eigenvalue weighted by atomic mass is 32.2. The molecule has 6 nitrogen and oxygen atoms in total. The van der Waals surface area contributed by atoms with E-state index in [0.29, 0.717) is 19.6 Å². The Balaban J connectivity index is 1.96. The van der Waals surface area contributed by atoms with Crippen LogP contribution >= 0.6 is 0 Å². The maximum absolute atomic E-state index is 12.6. The molecule has 1 fully saturated rings. The highest BCUT2D eigenvalue weighted by molar-refractivity contribution is 7.88. The zero-order valence-corrected chi connectivity index (χ0v) is 17.2. The predicted octanol–water partition coefficient (Wildman–Crippen LogP) is 2.01.